The number of aromatic nitrogens is 1. The zero-order valence-corrected chi connectivity index (χ0v) is 15.6. The van der Waals surface area contributed by atoms with Gasteiger partial charge in [-0.15, -0.1) is 0 Å². The molecule has 0 bridgehead atoms. The number of benzene rings is 1. The first-order chi connectivity index (χ1) is 13.6. The third kappa shape index (κ3) is 3.74. The molecule has 0 spiro atoms. The quantitative estimate of drug-likeness (QED) is 0.874. The molecule has 1 saturated heterocycles. The van der Waals surface area contributed by atoms with E-state index in [1.54, 1.807) is 0 Å². The standard InChI is InChI=1S/C21H20N6O/c1-14-2-4-15(5-3-14)10-16(11-22)19-17(12-23)20(25)26-21(18(19)13-24)27-6-8-28-9-7-27/h2-5,16H,6-10H2,1H3,(H2,25,26). The Labute approximate surface area is 164 Å². The number of rotatable bonds is 4. The van der Waals surface area contributed by atoms with E-state index < -0.39 is 5.92 Å². The molecule has 2 N–H and O–H groups in total. The fourth-order valence-corrected chi connectivity index (χ4v) is 3.36. The predicted molar refractivity (Wildman–Crippen MR) is 104 cm³/mol. The Morgan fingerprint density at radius 2 is 1.75 bits per heavy atom. The van der Waals surface area contributed by atoms with Crippen LogP contribution in [0.4, 0.5) is 11.6 Å². The summed E-state index contributed by atoms with van der Waals surface area (Å²) in [4.78, 5) is 6.25. The molecule has 2 aromatic rings. The van der Waals surface area contributed by atoms with Gasteiger partial charge in [0.1, 0.15) is 34.9 Å². The van der Waals surface area contributed by atoms with Crippen molar-refractivity contribution in [2.24, 2.45) is 0 Å². The molecule has 7 nitrogen and oxygen atoms in total. The molecule has 2 heterocycles. The van der Waals surface area contributed by atoms with Crippen molar-refractivity contribution in [3.8, 4) is 18.2 Å². The summed E-state index contributed by atoms with van der Waals surface area (Å²) in [5, 5.41) is 29.4. The minimum Gasteiger partial charge on any atom is -0.383 e. The lowest BCUT2D eigenvalue weighted by Crippen LogP contribution is -2.37. The van der Waals surface area contributed by atoms with Crippen molar-refractivity contribution in [2.45, 2.75) is 19.3 Å². The lowest BCUT2D eigenvalue weighted by Gasteiger charge is -2.30. The highest BCUT2D eigenvalue weighted by Crippen LogP contribution is 2.34. The topological polar surface area (TPSA) is 123 Å². The van der Waals surface area contributed by atoms with Gasteiger partial charge in [-0.05, 0) is 18.9 Å². The average molecular weight is 372 g/mol. The number of nitrogens with two attached hydrogens (primary N) is 1. The molecule has 1 aliphatic rings. The van der Waals surface area contributed by atoms with Gasteiger partial charge in [0.2, 0.25) is 0 Å². The highest BCUT2D eigenvalue weighted by atomic mass is 16.5. The van der Waals surface area contributed by atoms with Crippen LogP contribution in [0.2, 0.25) is 0 Å². The van der Waals surface area contributed by atoms with Crippen molar-refractivity contribution in [1.29, 1.82) is 15.8 Å². The van der Waals surface area contributed by atoms with E-state index in [0.29, 0.717) is 44.1 Å². The SMILES string of the molecule is Cc1ccc(CC(C#N)c2c(C#N)c(N)nc(N3CCOCC3)c2C#N)cc1. The van der Waals surface area contributed by atoms with Crippen LogP contribution in [0, 0.1) is 40.9 Å². The maximum atomic E-state index is 9.88. The number of aryl methyl sites for hydroxylation is 1. The lowest BCUT2D eigenvalue weighted by atomic mass is 9.87. The Hall–Kier alpha value is -3.60. The molecule has 1 unspecified atom stereocenters. The minimum atomic E-state index is -0.683. The third-order valence-corrected chi connectivity index (χ3v) is 4.84. The van der Waals surface area contributed by atoms with Crippen LogP contribution in [0.25, 0.3) is 0 Å². The summed E-state index contributed by atoms with van der Waals surface area (Å²) >= 11 is 0. The molecule has 0 amide bonds. The van der Waals surface area contributed by atoms with Gasteiger partial charge in [0.15, 0.2) is 0 Å². The molecule has 3 rings (SSSR count). The molecule has 0 aliphatic carbocycles. The average Bonchev–Trinajstić information content (AvgIpc) is 2.73. The van der Waals surface area contributed by atoms with Crippen molar-refractivity contribution >= 4 is 11.6 Å². The molecule has 28 heavy (non-hydrogen) atoms. The number of nitriles is 3. The van der Waals surface area contributed by atoms with E-state index in [0.717, 1.165) is 11.1 Å². The number of morpholine rings is 1. The lowest BCUT2D eigenvalue weighted by molar-refractivity contribution is 0.122. The molecular formula is C21H20N6O. The van der Waals surface area contributed by atoms with Crippen LogP contribution in [0.15, 0.2) is 24.3 Å². The first kappa shape index (κ1) is 19.2. The number of hydrogen-bond acceptors (Lipinski definition) is 7. The smallest absolute Gasteiger partial charge is 0.149 e. The van der Waals surface area contributed by atoms with Crippen molar-refractivity contribution in [3.63, 3.8) is 0 Å². The van der Waals surface area contributed by atoms with Gasteiger partial charge < -0.3 is 15.4 Å². The van der Waals surface area contributed by atoms with Crippen LogP contribution in [0.1, 0.15) is 33.7 Å². The summed E-state index contributed by atoms with van der Waals surface area (Å²) < 4.78 is 5.37. The number of nitrogens with zero attached hydrogens (tertiary/aromatic N) is 5. The largest absolute Gasteiger partial charge is 0.383 e. The Balaban J connectivity index is 2.12. The first-order valence-electron chi connectivity index (χ1n) is 9.00. The fraction of sp³-hybridized carbons (Fsp3) is 0.333. The fourth-order valence-electron chi connectivity index (χ4n) is 3.36. The maximum Gasteiger partial charge on any atom is 0.149 e. The maximum absolute atomic E-state index is 9.88. The third-order valence-electron chi connectivity index (χ3n) is 4.84. The minimum absolute atomic E-state index is 0.0437. The van der Waals surface area contributed by atoms with Crippen LogP contribution in [-0.4, -0.2) is 31.3 Å². The second kappa shape index (κ2) is 8.39. The van der Waals surface area contributed by atoms with E-state index in [9.17, 15) is 15.8 Å². The summed E-state index contributed by atoms with van der Waals surface area (Å²) in [5.74, 6) is -0.222. The van der Waals surface area contributed by atoms with E-state index in [-0.39, 0.29) is 16.9 Å². The van der Waals surface area contributed by atoms with E-state index in [2.05, 4.69) is 17.1 Å². The molecule has 7 heteroatoms. The number of anilines is 2. The molecule has 1 aromatic carbocycles. The van der Waals surface area contributed by atoms with E-state index in [4.69, 9.17) is 10.5 Å². The molecule has 1 fully saturated rings. The predicted octanol–water partition coefficient (Wildman–Crippen LogP) is 2.40. The normalized spacial score (nSPS) is 14.6. The van der Waals surface area contributed by atoms with Gasteiger partial charge >= 0.3 is 0 Å². The van der Waals surface area contributed by atoms with Gasteiger partial charge in [-0.2, -0.15) is 15.8 Å². The van der Waals surface area contributed by atoms with Gasteiger partial charge in [0, 0.05) is 18.7 Å². The van der Waals surface area contributed by atoms with Gasteiger partial charge in [0.05, 0.1) is 25.2 Å². The van der Waals surface area contributed by atoms with Crippen molar-refractivity contribution in [3.05, 3.63) is 52.1 Å². The molecule has 0 radical (unpaired) electrons. The van der Waals surface area contributed by atoms with E-state index in [1.807, 2.05) is 42.2 Å². The van der Waals surface area contributed by atoms with Gasteiger partial charge in [-0.3, -0.25) is 0 Å². The van der Waals surface area contributed by atoms with Gasteiger partial charge in [-0.1, -0.05) is 29.8 Å². The number of ether oxygens (including phenoxy) is 1. The summed E-state index contributed by atoms with van der Waals surface area (Å²) in [5.41, 5.74) is 8.84. The molecule has 1 atom stereocenters. The van der Waals surface area contributed by atoms with E-state index in [1.165, 1.54) is 0 Å². The molecule has 1 aromatic heterocycles. The number of nitrogen functional groups attached to an aromatic ring is 1. The highest BCUT2D eigenvalue weighted by Gasteiger charge is 2.28. The van der Waals surface area contributed by atoms with Crippen LogP contribution >= 0.6 is 0 Å². The summed E-state index contributed by atoms with van der Waals surface area (Å²) in [6, 6.07) is 14.3. The van der Waals surface area contributed by atoms with E-state index >= 15 is 0 Å². The summed E-state index contributed by atoms with van der Waals surface area (Å²) in [6.07, 6.45) is 0.381. The number of hydrogen-bond donors (Lipinski definition) is 1. The molecular weight excluding hydrogens is 352 g/mol. The Kier molecular flexibility index (Phi) is 5.75. The van der Waals surface area contributed by atoms with Crippen LogP contribution < -0.4 is 10.6 Å². The molecule has 140 valence electrons. The summed E-state index contributed by atoms with van der Waals surface area (Å²) in [6.45, 7) is 4.17. The Morgan fingerprint density at radius 1 is 1.11 bits per heavy atom. The van der Waals surface area contributed by atoms with Crippen LogP contribution in [0.3, 0.4) is 0 Å². The molecule has 0 saturated carbocycles. The van der Waals surface area contributed by atoms with Crippen LogP contribution in [0.5, 0.6) is 0 Å². The van der Waals surface area contributed by atoms with Crippen molar-refractivity contribution in [2.75, 3.05) is 36.9 Å². The van der Waals surface area contributed by atoms with Crippen LogP contribution in [-0.2, 0) is 11.2 Å². The van der Waals surface area contributed by atoms with Crippen molar-refractivity contribution in [1.82, 2.24) is 4.98 Å². The Morgan fingerprint density at radius 3 is 2.32 bits per heavy atom. The monoisotopic (exact) mass is 372 g/mol. The molecule has 1 aliphatic heterocycles. The Bertz CT molecular complexity index is 988. The zero-order chi connectivity index (χ0) is 20.1. The zero-order valence-electron chi connectivity index (χ0n) is 15.6. The van der Waals surface area contributed by atoms with Gasteiger partial charge in [-0.25, -0.2) is 4.98 Å². The highest BCUT2D eigenvalue weighted by molar-refractivity contribution is 5.70. The van der Waals surface area contributed by atoms with Gasteiger partial charge in [0.25, 0.3) is 0 Å². The first-order valence-corrected chi connectivity index (χ1v) is 9.00. The van der Waals surface area contributed by atoms with Crippen molar-refractivity contribution < 1.29 is 4.74 Å². The second-order valence-electron chi connectivity index (χ2n) is 6.68. The summed E-state index contributed by atoms with van der Waals surface area (Å²) in [7, 11) is 0. The number of pyridine rings is 1. The second-order valence-corrected chi connectivity index (χ2v) is 6.68.